The molecule has 0 bridgehead atoms. The first-order valence-corrected chi connectivity index (χ1v) is 9.98. The molecule has 2 aromatic carbocycles. The Morgan fingerprint density at radius 1 is 1.10 bits per heavy atom. The molecule has 0 radical (unpaired) electrons. The zero-order valence-electron chi connectivity index (χ0n) is 17.0. The number of methoxy groups -OCH3 is 2. The molecule has 0 spiro atoms. The van der Waals surface area contributed by atoms with Crippen molar-refractivity contribution >= 4 is 11.8 Å². The Morgan fingerprint density at radius 2 is 1.90 bits per heavy atom. The van der Waals surface area contributed by atoms with Crippen LogP contribution in [-0.4, -0.2) is 44.0 Å². The average molecular weight is 396 g/mol. The van der Waals surface area contributed by atoms with Crippen LogP contribution < -0.4 is 14.8 Å². The van der Waals surface area contributed by atoms with E-state index in [1.807, 2.05) is 41.3 Å². The summed E-state index contributed by atoms with van der Waals surface area (Å²) >= 11 is 0. The summed E-state index contributed by atoms with van der Waals surface area (Å²) in [6.07, 6.45) is 2.90. The van der Waals surface area contributed by atoms with Gasteiger partial charge in [-0.1, -0.05) is 18.2 Å². The summed E-state index contributed by atoms with van der Waals surface area (Å²) in [4.78, 5) is 26.8. The molecule has 0 aromatic heterocycles. The normalized spacial score (nSPS) is 15.8. The number of rotatable bonds is 8. The standard InChI is InChI=1S/C23H28N2O4/c1-28-18-12-13-19(21(16-18)29-2)20-10-7-15-25(20)22(26)11-6-14-24-23(27)17-8-4-3-5-9-17/h3-5,8-9,12-13,16,20H,6-7,10-11,14-15H2,1-2H3,(H,24,27). The van der Waals surface area contributed by atoms with E-state index in [9.17, 15) is 9.59 Å². The van der Waals surface area contributed by atoms with Gasteiger partial charge in [-0.2, -0.15) is 0 Å². The van der Waals surface area contributed by atoms with E-state index in [-0.39, 0.29) is 17.9 Å². The van der Waals surface area contributed by atoms with Crippen molar-refractivity contribution in [2.75, 3.05) is 27.3 Å². The van der Waals surface area contributed by atoms with Gasteiger partial charge in [0.25, 0.3) is 5.91 Å². The maximum atomic E-state index is 12.8. The minimum absolute atomic E-state index is 0.0160. The molecule has 2 amide bonds. The molecule has 3 rings (SSSR count). The summed E-state index contributed by atoms with van der Waals surface area (Å²) in [7, 11) is 3.26. The molecule has 154 valence electrons. The summed E-state index contributed by atoms with van der Waals surface area (Å²) in [5, 5.41) is 2.88. The van der Waals surface area contributed by atoms with Gasteiger partial charge in [-0.25, -0.2) is 0 Å². The monoisotopic (exact) mass is 396 g/mol. The first-order valence-electron chi connectivity index (χ1n) is 9.98. The highest BCUT2D eigenvalue weighted by atomic mass is 16.5. The summed E-state index contributed by atoms with van der Waals surface area (Å²) in [5.41, 5.74) is 1.64. The number of hydrogen-bond acceptors (Lipinski definition) is 4. The van der Waals surface area contributed by atoms with Crippen LogP contribution in [0.15, 0.2) is 48.5 Å². The Balaban J connectivity index is 1.54. The third kappa shape index (κ3) is 5.08. The van der Waals surface area contributed by atoms with E-state index >= 15 is 0 Å². The number of hydrogen-bond donors (Lipinski definition) is 1. The van der Waals surface area contributed by atoms with Crippen molar-refractivity contribution in [3.63, 3.8) is 0 Å². The highest BCUT2D eigenvalue weighted by molar-refractivity contribution is 5.94. The topological polar surface area (TPSA) is 67.9 Å². The molecule has 6 heteroatoms. The van der Waals surface area contributed by atoms with Gasteiger partial charge in [0.2, 0.25) is 5.91 Å². The molecular formula is C23H28N2O4. The summed E-state index contributed by atoms with van der Waals surface area (Å²) in [5.74, 6) is 1.47. The van der Waals surface area contributed by atoms with E-state index in [0.29, 0.717) is 24.9 Å². The summed E-state index contributed by atoms with van der Waals surface area (Å²) in [6.45, 7) is 1.22. The second-order valence-electron chi connectivity index (χ2n) is 7.08. The number of amides is 2. The van der Waals surface area contributed by atoms with Gasteiger partial charge < -0.3 is 19.7 Å². The summed E-state index contributed by atoms with van der Waals surface area (Å²) in [6, 6.07) is 14.8. The maximum absolute atomic E-state index is 12.8. The van der Waals surface area contributed by atoms with E-state index in [2.05, 4.69) is 5.32 Å². The molecule has 1 N–H and O–H groups in total. The van der Waals surface area contributed by atoms with Crippen molar-refractivity contribution in [1.29, 1.82) is 0 Å². The van der Waals surface area contributed by atoms with Gasteiger partial charge in [0, 0.05) is 36.7 Å². The zero-order valence-corrected chi connectivity index (χ0v) is 17.0. The fourth-order valence-corrected chi connectivity index (χ4v) is 3.76. The van der Waals surface area contributed by atoms with Crippen LogP contribution in [0.5, 0.6) is 11.5 Å². The van der Waals surface area contributed by atoms with Gasteiger partial charge >= 0.3 is 0 Å². The Labute approximate surface area is 171 Å². The van der Waals surface area contributed by atoms with Crippen molar-refractivity contribution in [2.24, 2.45) is 0 Å². The average Bonchev–Trinajstić information content (AvgIpc) is 3.26. The minimum Gasteiger partial charge on any atom is -0.497 e. The minimum atomic E-state index is -0.111. The Morgan fingerprint density at radius 3 is 2.62 bits per heavy atom. The fraction of sp³-hybridized carbons (Fsp3) is 0.391. The van der Waals surface area contributed by atoms with Gasteiger partial charge in [0.05, 0.1) is 20.3 Å². The van der Waals surface area contributed by atoms with Crippen molar-refractivity contribution in [2.45, 2.75) is 31.7 Å². The molecule has 1 heterocycles. The number of likely N-dealkylation sites (tertiary alicyclic amines) is 1. The first kappa shape index (κ1) is 20.7. The molecule has 0 aliphatic carbocycles. The fourth-order valence-electron chi connectivity index (χ4n) is 3.76. The third-order valence-electron chi connectivity index (χ3n) is 5.26. The van der Waals surface area contributed by atoms with E-state index in [1.54, 1.807) is 26.4 Å². The highest BCUT2D eigenvalue weighted by Gasteiger charge is 2.31. The number of carbonyl (C=O) groups excluding carboxylic acids is 2. The lowest BCUT2D eigenvalue weighted by atomic mass is 10.0. The number of ether oxygens (including phenoxy) is 2. The number of benzene rings is 2. The predicted molar refractivity (Wildman–Crippen MR) is 111 cm³/mol. The Hall–Kier alpha value is -3.02. The molecule has 1 aliphatic heterocycles. The molecule has 1 atom stereocenters. The SMILES string of the molecule is COc1ccc(C2CCCN2C(=O)CCCNC(=O)c2ccccc2)c(OC)c1. The van der Waals surface area contributed by atoms with Crippen LogP contribution in [0.2, 0.25) is 0 Å². The van der Waals surface area contributed by atoms with Gasteiger partial charge in [-0.05, 0) is 43.5 Å². The molecule has 1 unspecified atom stereocenters. The van der Waals surface area contributed by atoms with Crippen molar-refractivity contribution in [3.8, 4) is 11.5 Å². The van der Waals surface area contributed by atoms with Crippen molar-refractivity contribution in [1.82, 2.24) is 10.2 Å². The van der Waals surface area contributed by atoms with E-state index < -0.39 is 0 Å². The second kappa shape index (κ2) is 9.96. The molecule has 2 aromatic rings. The lowest BCUT2D eigenvalue weighted by Gasteiger charge is -2.26. The molecule has 6 nitrogen and oxygen atoms in total. The van der Waals surface area contributed by atoms with Crippen molar-refractivity contribution < 1.29 is 19.1 Å². The van der Waals surface area contributed by atoms with Crippen LogP contribution >= 0.6 is 0 Å². The Bertz CT molecular complexity index is 838. The van der Waals surface area contributed by atoms with Crippen LogP contribution in [-0.2, 0) is 4.79 Å². The summed E-state index contributed by atoms with van der Waals surface area (Å²) < 4.78 is 10.8. The van der Waals surface area contributed by atoms with E-state index in [1.165, 1.54) is 0 Å². The van der Waals surface area contributed by atoms with Crippen LogP contribution in [0.25, 0.3) is 0 Å². The largest absolute Gasteiger partial charge is 0.497 e. The number of carbonyl (C=O) groups is 2. The number of nitrogens with zero attached hydrogens (tertiary/aromatic N) is 1. The first-order chi connectivity index (χ1) is 14.1. The second-order valence-corrected chi connectivity index (χ2v) is 7.08. The van der Waals surface area contributed by atoms with Crippen LogP contribution in [0, 0.1) is 0 Å². The molecule has 1 saturated heterocycles. The van der Waals surface area contributed by atoms with Crippen LogP contribution in [0.1, 0.15) is 47.6 Å². The van der Waals surface area contributed by atoms with Crippen LogP contribution in [0.3, 0.4) is 0 Å². The molecular weight excluding hydrogens is 368 g/mol. The third-order valence-corrected chi connectivity index (χ3v) is 5.26. The van der Waals surface area contributed by atoms with Crippen LogP contribution in [0.4, 0.5) is 0 Å². The molecule has 1 fully saturated rings. The molecule has 1 aliphatic rings. The van der Waals surface area contributed by atoms with Gasteiger partial charge in [-0.15, -0.1) is 0 Å². The van der Waals surface area contributed by atoms with Crippen molar-refractivity contribution in [3.05, 3.63) is 59.7 Å². The van der Waals surface area contributed by atoms with Gasteiger partial charge in [-0.3, -0.25) is 9.59 Å². The maximum Gasteiger partial charge on any atom is 0.251 e. The lowest BCUT2D eigenvalue weighted by molar-refractivity contribution is -0.132. The lowest BCUT2D eigenvalue weighted by Crippen LogP contribution is -2.32. The van der Waals surface area contributed by atoms with E-state index in [4.69, 9.17) is 9.47 Å². The van der Waals surface area contributed by atoms with Gasteiger partial charge in [0.1, 0.15) is 11.5 Å². The molecule has 29 heavy (non-hydrogen) atoms. The predicted octanol–water partition coefficient (Wildman–Crippen LogP) is 3.58. The zero-order chi connectivity index (χ0) is 20.6. The molecule has 0 saturated carbocycles. The smallest absolute Gasteiger partial charge is 0.251 e. The quantitative estimate of drug-likeness (QED) is 0.693. The Kier molecular flexibility index (Phi) is 7.11. The number of nitrogens with one attached hydrogen (secondary N) is 1. The van der Waals surface area contributed by atoms with E-state index in [0.717, 1.165) is 36.4 Å². The van der Waals surface area contributed by atoms with Gasteiger partial charge in [0.15, 0.2) is 0 Å². The highest BCUT2D eigenvalue weighted by Crippen LogP contribution is 2.39.